The normalized spacial score (nSPS) is 13.4. The molecule has 0 spiro atoms. The van der Waals surface area contributed by atoms with E-state index < -0.39 is 0 Å². The second kappa shape index (κ2) is 5.49. The van der Waals surface area contributed by atoms with Crippen LogP contribution in [0.5, 0.6) is 0 Å². The molecule has 1 aliphatic heterocycles. The van der Waals surface area contributed by atoms with Crippen LogP contribution in [0.4, 0.5) is 5.69 Å². The van der Waals surface area contributed by atoms with Gasteiger partial charge in [0.2, 0.25) is 0 Å². The Kier molecular flexibility index (Phi) is 3.43. The summed E-state index contributed by atoms with van der Waals surface area (Å²) in [6, 6.07) is 16.4. The van der Waals surface area contributed by atoms with Crippen molar-refractivity contribution in [2.45, 2.75) is 13.5 Å². The summed E-state index contributed by atoms with van der Waals surface area (Å²) in [5.41, 5.74) is 12.2. The highest BCUT2D eigenvalue weighted by Gasteiger charge is 2.24. The zero-order chi connectivity index (χ0) is 16.8. The standard InChI is InChI=1S/C20H18N2OS/c1-12-3-5-15(21)10-17(12)19-8-7-18(24-19)13-4-6-16-14(9-13)11-22(2)20(16)23/h3-10H,11,21H2,1-2H3. The Hall–Kier alpha value is -2.59. The average Bonchev–Trinajstić information content (AvgIpc) is 3.15. The van der Waals surface area contributed by atoms with Gasteiger partial charge < -0.3 is 10.6 Å². The number of aryl methyl sites for hydroxylation is 1. The van der Waals surface area contributed by atoms with Gasteiger partial charge in [0.25, 0.3) is 5.91 Å². The molecule has 0 bridgehead atoms. The summed E-state index contributed by atoms with van der Waals surface area (Å²) in [5.74, 6) is 0.110. The van der Waals surface area contributed by atoms with Crippen molar-refractivity contribution in [3.63, 3.8) is 0 Å². The zero-order valence-electron chi connectivity index (χ0n) is 13.7. The molecule has 4 heteroatoms. The first kappa shape index (κ1) is 15.0. The second-order valence-electron chi connectivity index (χ2n) is 6.27. The number of nitrogen functional groups attached to an aromatic ring is 1. The highest BCUT2D eigenvalue weighted by Crippen LogP contribution is 2.37. The molecule has 3 nitrogen and oxygen atoms in total. The minimum absolute atomic E-state index is 0.110. The first-order valence-corrected chi connectivity index (χ1v) is 8.69. The Labute approximate surface area is 145 Å². The van der Waals surface area contributed by atoms with Crippen LogP contribution < -0.4 is 5.73 Å². The third-order valence-electron chi connectivity index (χ3n) is 4.51. The lowest BCUT2D eigenvalue weighted by Gasteiger charge is -2.05. The Morgan fingerprint density at radius 3 is 2.62 bits per heavy atom. The van der Waals surface area contributed by atoms with Crippen LogP contribution in [-0.2, 0) is 6.54 Å². The number of thiophene rings is 1. The van der Waals surface area contributed by atoms with Crippen LogP contribution in [-0.4, -0.2) is 17.9 Å². The van der Waals surface area contributed by atoms with Gasteiger partial charge in [-0.15, -0.1) is 11.3 Å². The summed E-state index contributed by atoms with van der Waals surface area (Å²) in [4.78, 5) is 16.2. The van der Waals surface area contributed by atoms with E-state index in [2.05, 4.69) is 31.2 Å². The number of carbonyl (C=O) groups excluding carboxylic acids is 1. The molecular formula is C20H18N2OS. The Morgan fingerprint density at radius 1 is 1.00 bits per heavy atom. The van der Waals surface area contributed by atoms with Gasteiger partial charge in [0.15, 0.2) is 0 Å². The summed E-state index contributed by atoms with van der Waals surface area (Å²) in [6.07, 6.45) is 0. The average molecular weight is 334 g/mol. The maximum Gasteiger partial charge on any atom is 0.254 e. The van der Waals surface area contributed by atoms with Crippen molar-refractivity contribution in [2.24, 2.45) is 0 Å². The third kappa shape index (κ3) is 2.39. The van der Waals surface area contributed by atoms with E-state index in [9.17, 15) is 4.79 Å². The minimum Gasteiger partial charge on any atom is -0.399 e. The molecule has 0 aliphatic carbocycles. The number of rotatable bonds is 2. The molecule has 1 aromatic heterocycles. The van der Waals surface area contributed by atoms with Crippen molar-refractivity contribution in [1.29, 1.82) is 0 Å². The van der Waals surface area contributed by atoms with Crippen LogP contribution in [0.3, 0.4) is 0 Å². The molecule has 4 rings (SSSR count). The lowest BCUT2D eigenvalue weighted by Crippen LogP contribution is -2.17. The monoisotopic (exact) mass is 334 g/mol. The van der Waals surface area contributed by atoms with Gasteiger partial charge in [0, 0.05) is 34.6 Å². The molecule has 0 fully saturated rings. The van der Waals surface area contributed by atoms with E-state index in [1.807, 2.05) is 31.3 Å². The van der Waals surface area contributed by atoms with Crippen molar-refractivity contribution in [3.8, 4) is 20.9 Å². The third-order valence-corrected chi connectivity index (χ3v) is 5.68. The second-order valence-corrected chi connectivity index (χ2v) is 7.36. The molecule has 24 heavy (non-hydrogen) atoms. The molecule has 0 saturated heterocycles. The topological polar surface area (TPSA) is 46.3 Å². The number of carbonyl (C=O) groups is 1. The highest BCUT2D eigenvalue weighted by molar-refractivity contribution is 7.18. The zero-order valence-corrected chi connectivity index (χ0v) is 14.5. The van der Waals surface area contributed by atoms with Crippen molar-refractivity contribution >= 4 is 22.9 Å². The molecule has 120 valence electrons. The van der Waals surface area contributed by atoms with Crippen LogP contribution in [0.2, 0.25) is 0 Å². The summed E-state index contributed by atoms with van der Waals surface area (Å²) < 4.78 is 0. The van der Waals surface area contributed by atoms with Crippen molar-refractivity contribution in [2.75, 3.05) is 12.8 Å². The summed E-state index contributed by atoms with van der Waals surface area (Å²) in [7, 11) is 1.84. The van der Waals surface area contributed by atoms with Gasteiger partial charge in [-0.1, -0.05) is 12.1 Å². The maximum absolute atomic E-state index is 12.0. The van der Waals surface area contributed by atoms with Gasteiger partial charge >= 0.3 is 0 Å². The van der Waals surface area contributed by atoms with E-state index in [4.69, 9.17) is 5.73 Å². The fourth-order valence-electron chi connectivity index (χ4n) is 3.16. The summed E-state index contributed by atoms with van der Waals surface area (Å²) >= 11 is 1.75. The number of nitrogens with two attached hydrogens (primary N) is 1. The maximum atomic E-state index is 12.0. The van der Waals surface area contributed by atoms with Crippen molar-refractivity contribution < 1.29 is 4.79 Å². The van der Waals surface area contributed by atoms with E-state index in [-0.39, 0.29) is 5.91 Å². The summed E-state index contributed by atoms with van der Waals surface area (Å²) in [6.45, 7) is 2.79. The number of nitrogens with zero attached hydrogens (tertiary/aromatic N) is 1. The van der Waals surface area contributed by atoms with Crippen LogP contribution in [0.1, 0.15) is 21.5 Å². The number of fused-ring (bicyclic) bond motifs is 1. The fourth-order valence-corrected chi connectivity index (χ4v) is 4.25. The molecular weight excluding hydrogens is 316 g/mol. The molecule has 0 saturated carbocycles. The van der Waals surface area contributed by atoms with E-state index in [0.717, 1.165) is 22.4 Å². The molecule has 0 atom stereocenters. The first-order valence-electron chi connectivity index (χ1n) is 7.88. The number of hydrogen-bond donors (Lipinski definition) is 1. The van der Waals surface area contributed by atoms with Crippen LogP contribution >= 0.6 is 11.3 Å². The molecule has 1 amide bonds. The molecule has 2 heterocycles. The van der Waals surface area contributed by atoms with Gasteiger partial charge in [0.1, 0.15) is 0 Å². The Morgan fingerprint density at radius 2 is 1.79 bits per heavy atom. The number of anilines is 1. The molecule has 1 aliphatic rings. The van der Waals surface area contributed by atoms with Gasteiger partial charge in [-0.25, -0.2) is 0 Å². The van der Waals surface area contributed by atoms with Crippen molar-refractivity contribution in [3.05, 3.63) is 65.2 Å². The molecule has 0 radical (unpaired) electrons. The van der Waals surface area contributed by atoms with E-state index in [0.29, 0.717) is 6.54 Å². The van der Waals surface area contributed by atoms with Crippen LogP contribution in [0.15, 0.2) is 48.5 Å². The Bertz CT molecular complexity index is 958. The van der Waals surface area contributed by atoms with Gasteiger partial charge in [-0.3, -0.25) is 4.79 Å². The predicted octanol–water partition coefficient (Wildman–Crippen LogP) is 4.56. The number of hydrogen-bond acceptors (Lipinski definition) is 3. The van der Waals surface area contributed by atoms with E-state index >= 15 is 0 Å². The van der Waals surface area contributed by atoms with Gasteiger partial charge in [-0.2, -0.15) is 0 Å². The van der Waals surface area contributed by atoms with Gasteiger partial charge in [0.05, 0.1) is 0 Å². The quantitative estimate of drug-likeness (QED) is 0.698. The SMILES string of the molecule is Cc1ccc(N)cc1-c1ccc(-c2ccc3c(c2)CN(C)C3=O)s1. The summed E-state index contributed by atoms with van der Waals surface area (Å²) in [5, 5.41) is 0. The Balaban J connectivity index is 1.73. The predicted molar refractivity (Wildman–Crippen MR) is 100 cm³/mol. The number of amides is 1. The van der Waals surface area contributed by atoms with E-state index in [1.165, 1.54) is 20.9 Å². The first-order chi connectivity index (χ1) is 11.5. The molecule has 3 aromatic rings. The van der Waals surface area contributed by atoms with E-state index in [1.54, 1.807) is 16.2 Å². The fraction of sp³-hybridized carbons (Fsp3) is 0.150. The highest BCUT2D eigenvalue weighted by atomic mass is 32.1. The van der Waals surface area contributed by atoms with Crippen LogP contribution in [0, 0.1) is 6.92 Å². The lowest BCUT2D eigenvalue weighted by molar-refractivity contribution is 0.0816. The smallest absolute Gasteiger partial charge is 0.254 e. The van der Waals surface area contributed by atoms with Crippen LogP contribution in [0.25, 0.3) is 20.9 Å². The number of benzene rings is 2. The largest absolute Gasteiger partial charge is 0.399 e. The molecule has 2 aromatic carbocycles. The molecule has 0 unspecified atom stereocenters. The minimum atomic E-state index is 0.110. The molecule has 2 N–H and O–H groups in total. The van der Waals surface area contributed by atoms with Crippen molar-refractivity contribution in [1.82, 2.24) is 4.90 Å². The van der Waals surface area contributed by atoms with Gasteiger partial charge in [-0.05, 0) is 65.6 Å². The lowest BCUT2D eigenvalue weighted by atomic mass is 10.0.